The van der Waals surface area contributed by atoms with Gasteiger partial charge >= 0.3 is 0 Å². The van der Waals surface area contributed by atoms with Crippen LogP contribution in [0.25, 0.3) is 0 Å². The van der Waals surface area contributed by atoms with Gasteiger partial charge in [0.25, 0.3) is 0 Å². The second-order valence-corrected chi connectivity index (χ2v) is 6.83. The second-order valence-electron chi connectivity index (χ2n) is 5.70. The first-order valence-electron chi connectivity index (χ1n) is 7.18. The van der Waals surface area contributed by atoms with Crippen LogP contribution in [0.1, 0.15) is 25.7 Å². The van der Waals surface area contributed by atoms with E-state index in [2.05, 4.69) is 0 Å². The Bertz CT molecular complexity index is 555. The van der Waals surface area contributed by atoms with Crippen molar-refractivity contribution < 1.29 is 13.6 Å². The molecule has 6 heteroatoms. The Morgan fingerprint density at radius 2 is 2.05 bits per heavy atom. The molecule has 1 amide bonds. The summed E-state index contributed by atoms with van der Waals surface area (Å²) in [5.74, 6) is -2.10. The van der Waals surface area contributed by atoms with Gasteiger partial charge < -0.3 is 10.6 Å². The number of nitrogens with two attached hydrogens (primary N) is 1. The lowest BCUT2D eigenvalue weighted by Crippen LogP contribution is -2.42. The Kier molecular flexibility index (Phi) is 3.82. The molecule has 2 aliphatic rings. The number of anilines is 2. The molecule has 1 aromatic carbocycles. The minimum Gasteiger partial charge on any atom is -0.399 e. The van der Waals surface area contributed by atoms with E-state index in [9.17, 15) is 13.6 Å². The van der Waals surface area contributed by atoms with E-state index < -0.39 is 5.92 Å². The minimum absolute atomic E-state index is 0.0300. The van der Waals surface area contributed by atoms with Crippen molar-refractivity contribution in [2.75, 3.05) is 22.9 Å². The van der Waals surface area contributed by atoms with Gasteiger partial charge in [0.05, 0.1) is 5.69 Å². The van der Waals surface area contributed by atoms with Crippen molar-refractivity contribution in [3.05, 3.63) is 18.2 Å². The maximum absolute atomic E-state index is 13.2. The van der Waals surface area contributed by atoms with Crippen LogP contribution in [-0.2, 0) is 4.79 Å². The molecule has 0 spiro atoms. The Hall–Kier alpha value is -1.30. The Balaban J connectivity index is 1.79. The largest absolute Gasteiger partial charge is 0.399 e. The molecule has 1 aliphatic carbocycles. The van der Waals surface area contributed by atoms with Crippen molar-refractivity contribution in [3.63, 3.8) is 0 Å². The molecule has 0 radical (unpaired) electrons. The standard InChI is InChI=1S/C15H18F2N2OS/c16-15(17)5-3-10(4-6-15)14(20)19-7-8-21-13-2-1-11(18)9-12(13)19/h1-2,9-10H,3-8,18H2. The van der Waals surface area contributed by atoms with Crippen LogP contribution in [0.3, 0.4) is 0 Å². The van der Waals surface area contributed by atoms with E-state index in [0.717, 1.165) is 16.3 Å². The average molecular weight is 312 g/mol. The van der Waals surface area contributed by atoms with Gasteiger partial charge in [-0.15, -0.1) is 11.8 Å². The van der Waals surface area contributed by atoms with E-state index in [1.165, 1.54) is 0 Å². The van der Waals surface area contributed by atoms with Crippen molar-refractivity contribution in [1.29, 1.82) is 0 Å². The molecule has 0 bridgehead atoms. The third kappa shape index (κ3) is 3.00. The smallest absolute Gasteiger partial charge is 0.248 e. The molecule has 1 aliphatic heterocycles. The number of nitrogen functional groups attached to an aromatic ring is 1. The first-order valence-corrected chi connectivity index (χ1v) is 8.16. The number of fused-ring (bicyclic) bond motifs is 1. The molecule has 0 saturated heterocycles. The molecule has 1 fully saturated rings. The number of hydrogen-bond donors (Lipinski definition) is 1. The minimum atomic E-state index is -2.60. The van der Waals surface area contributed by atoms with Crippen LogP contribution in [0, 0.1) is 5.92 Å². The SMILES string of the molecule is Nc1ccc2c(c1)N(C(=O)C1CCC(F)(F)CC1)CCS2. The van der Waals surface area contributed by atoms with E-state index in [-0.39, 0.29) is 37.5 Å². The number of benzene rings is 1. The zero-order valence-corrected chi connectivity index (χ0v) is 12.5. The third-order valence-electron chi connectivity index (χ3n) is 4.18. The number of thioether (sulfide) groups is 1. The highest BCUT2D eigenvalue weighted by Crippen LogP contribution is 2.40. The van der Waals surface area contributed by atoms with Crippen molar-refractivity contribution in [1.82, 2.24) is 0 Å². The van der Waals surface area contributed by atoms with Gasteiger partial charge in [0.1, 0.15) is 0 Å². The molecule has 0 aromatic heterocycles. The molecule has 21 heavy (non-hydrogen) atoms. The van der Waals surface area contributed by atoms with Gasteiger partial charge in [0.2, 0.25) is 11.8 Å². The highest BCUT2D eigenvalue weighted by molar-refractivity contribution is 7.99. The molecule has 1 saturated carbocycles. The molecule has 3 rings (SSSR count). The molecular weight excluding hydrogens is 294 g/mol. The lowest BCUT2D eigenvalue weighted by molar-refractivity contribution is -0.126. The maximum Gasteiger partial charge on any atom is 0.248 e. The molecule has 2 N–H and O–H groups in total. The first kappa shape index (κ1) is 14.6. The number of rotatable bonds is 1. The van der Waals surface area contributed by atoms with Crippen LogP contribution in [0.2, 0.25) is 0 Å². The summed E-state index contributed by atoms with van der Waals surface area (Å²) in [5, 5.41) is 0. The lowest BCUT2D eigenvalue weighted by Gasteiger charge is -2.34. The number of hydrogen-bond acceptors (Lipinski definition) is 3. The molecule has 114 valence electrons. The predicted molar refractivity (Wildman–Crippen MR) is 80.8 cm³/mol. The van der Waals surface area contributed by atoms with Crippen molar-refractivity contribution >= 4 is 29.0 Å². The van der Waals surface area contributed by atoms with Crippen LogP contribution < -0.4 is 10.6 Å². The molecule has 0 unspecified atom stereocenters. The van der Waals surface area contributed by atoms with Gasteiger partial charge in [0, 0.05) is 41.6 Å². The molecule has 0 atom stereocenters. The highest BCUT2D eigenvalue weighted by atomic mass is 32.2. The maximum atomic E-state index is 13.2. The van der Waals surface area contributed by atoms with E-state index >= 15 is 0 Å². The summed E-state index contributed by atoms with van der Waals surface area (Å²) in [7, 11) is 0. The fourth-order valence-corrected chi connectivity index (χ4v) is 3.95. The van der Waals surface area contributed by atoms with Gasteiger partial charge in [-0.1, -0.05) is 0 Å². The van der Waals surface area contributed by atoms with Gasteiger partial charge in [-0.25, -0.2) is 8.78 Å². The molecular formula is C15H18F2N2OS. The summed E-state index contributed by atoms with van der Waals surface area (Å²) in [6.45, 7) is 0.618. The van der Waals surface area contributed by atoms with Gasteiger partial charge in [-0.3, -0.25) is 4.79 Å². The van der Waals surface area contributed by atoms with Crippen LogP contribution in [0.4, 0.5) is 20.2 Å². The number of nitrogens with zero attached hydrogens (tertiary/aromatic N) is 1. The highest BCUT2D eigenvalue weighted by Gasteiger charge is 2.39. The Labute approximate surface area is 126 Å². The number of halogens is 2. The van der Waals surface area contributed by atoms with Crippen molar-refractivity contribution in [2.24, 2.45) is 5.92 Å². The summed E-state index contributed by atoms with van der Waals surface area (Å²) in [4.78, 5) is 15.4. The average Bonchev–Trinajstić information content (AvgIpc) is 2.46. The van der Waals surface area contributed by atoms with Crippen LogP contribution in [-0.4, -0.2) is 24.1 Å². The fraction of sp³-hybridized carbons (Fsp3) is 0.533. The second kappa shape index (κ2) is 5.48. The normalized spacial score (nSPS) is 21.9. The monoisotopic (exact) mass is 312 g/mol. The van der Waals surface area contributed by atoms with Gasteiger partial charge in [0.15, 0.2) is 0 Å². The van der Waals surface area contributed by atoms with E-state index in [1.807, 2.05) is 12.1 Å². The van der Waals surface area contributed by atoms with Gasteiger partial charge in [-0.2, -0.15) is 0 Å². The van der Waals surface area contributed by atoms with Gasteiger partial charge in [-0.05, 0) is 31.0 Å². The number of amides is 1. The fourth-order valence-electron chi connectivity index (χ4n) is 2.97. The first-order chi connectivity index (χ1) is 9.96. The van der Waals surface area contributed by atoms with Crippen molar-refractivity contribution in [2.45, 2.75) is 36.5 Å². The van der Waals surface area contributed by atoms with E-state index in [1.54, 1.807) is 22.7 Å². The van der Waals surface area contributed by atoms with Crippen molar-refractivity contribution in [3.8, 4) is 0 Å². The molecule has 1 aromatic rings. The van der Waals surface area contributed by atoms with Crippen LogP contribution in [0.15, 0.2) is 23.1 Å². The topological polar surface area (TPSA) is 46.3 Å². The predicted octanol–water partition coefficient (Wildman–Crippen LogP) is 3.53. The molecule has 1 heterocycles. The summed E-state index contributed by atoms with van der Waals surface area (Å²) >= 11 is 1.70. The van der Waals surface area contributed by atoms with E-state index in [0.29, 0.717) is 12.2 Å². The van der Waals surface area contributed by atoms with E-state index in [4.69, 9.17) is 5.73 Å². The third-order valence-corrected chi connectivity index (χ3v) is 5.22. The Morgan fingerprint density at radius 3 is 2.76 bits per heavy atom. The van der Waals surface area contributed by atoms with Crippen LogP contribution in [0.5, 0.6) is 0 Å². The molecule has 3 nitrogen and oxygen atoms in total. The zero-order chi connectivity index (χ0) is 15.0. The summed E-state index contributed by atoms with van der Waals surface area (Å²) < 4.78 is 26.5. The summed E-state index contributed by atoms with van der Waals surface area (Å²) in [5.41, 5.74) is 7.25. The lowest BCUT2D eigenvalue weighted by atomic mass is 9.85. The summed E-state index contributed by atoms with van der Waals surface area (Å²) in [6, 6.07) is 5.54. The number of carbonyl (C=O) groups is 1. The number of carbonyl (C=O) groups excluding carboxylic acids is 1. The Morgan fingerprint density at radius 1 is 1.33 bits per heavy atom. The summed E-state index contributed by atoms with van der Waals surface area (Å²) in [6.07, 6.45) is 0.172. The number of alkyl halides is 2. The zero-order valence-electron chi connectivity index (χ0n) is 11.6. The quantitative estimate of drug-likeness (QED) is 0.807. The van der Waals surface area contributed by atoms with Crippen LogP contribution >= 0.6 is 11.8 Å².